The van der Waals surface area contributed by atoms with Crippen LogP contribution in [0.25, 0.3) is 0 Å². The number of hydrogen-bond donors (Lipinski definition) is 1. The molecule has 0 heterocycles. The molecule has 0 aliphatic heterocycles. The van der Waals surface area contributed by atoms with E-state index in [-0.39, 0.29) is 0 Å². The minimum absolute atomic E-state index is 0.875. The van der Waals surface area contributed by atoms with E-state index in [1.54, 1.807) is 0 Å². The Morgan fingerprint density at radius 2 is 1.18 bits per heavy atom. The van der Waals surface area contributed by atoms with Gasteiger partial charge in [0.05, 0.1) is 0 Å². The van der Waals surface area contributed by atoms with Crippen molar-refractivity contribution in [1.29, 1.82) is 0 Å². The topological polar surface area (TPSA) is 26.0 Å². The summed E-state index contributed by atoms with van der Waals surface area (Å²) in [7, 11) is 0. The molecule has 0 amide bonds. The molecule has 100 valence electrons. The van der Waals surface area contributed by atoms with Gasteiger partial charge in [0.2, 0.25) is 0 Å². The van der Waals surface area contributed by atoms with Crippen LogP contribution in [0.2, 0.25) is 0 Å². The Bertz CT molecular complexity index is 186. The van der Waals surface area contributed by atoms with Gasteiger partial charge in [0.25, 0.3) is 0 Å². The van der Waals surface area contributed by atoms with E-state index in [1.165, 1.54) is 77.0 Å². The second-order valence-electron chi connectivity index (χ2n) is 6.59. The van der Waals surface area contributed by atoms with Gasteiger partial charge in [0.15, 0.2) is 0 Å². The summed E-state index contributed by atoms with van der Waals surface area (Å²) >= 11 is 0. The van der Waals surface area contributed by atoms with Gasteiger partial charge in [-0.25, -0.2) is 0 Å². The first-order valence-electron chi connectivity index (χ1n) is 8.08. The third-order valence-corrected chi connectivity index (χ3v) is 5.06. The van der Waals surface area contributed by atoms with Crippen molar-refractivity contribution < 1.29 is 0 Å². The van der Waals surface area contributed by atoms with E-state index in [4.69, 9.17) is 5.73 Å². The zero-order valence-corrected chi connectivity index (χ0v) is 11.5. The minimum Gasteiger partial charge on any atom is -0.330 e. The van der Waals surface area contributed by atoms with Crippen LogP contribution in [0.1, 0.15) is 77.0 Å². The predicted molar refractivity (Wildman–Crippen MR) is 74.9 cm³/mol. The van der Waals surface area contributed by atoms with Gasteiger partial charge in [-0.1, -0.05) is 57.8 Å². The normalized spacial score (nSPS) is 33.0. The van der Waals surface area contributed by atoms with Gasteiger partial charge in [-0.15, -0.1) is 0 Å². The molecule has 1 nitrogen and oxygen atoms in total. The molecular formula is C16H31N. The third-order valence-electron chi connectivity index (χ3n) is 5.06. The number of hydrogen-bond acceptors (Lipinski definition) is 1. The molecule has 1 heteroatoms. The monoisotopic (exact) mass is 237 g/mol. The first-order chi connectivity index (χ1) is 8.38. The van der Waals surface area contributed by atoms with Gasteiger partial charge in [-0.3, -0.25) is 0 Å². The van der Waals surface area contributed by atoms with E-state index in [2.05, 4.69) is 0 Å². The maximum absolute atomic E-state index is 5.71. The molecule has 2 rings (SSSR count). The smallest absolute Gasteiger partial charge is 0.00487 e. The molecule has 0 aromatic carbocycles. The van der Waals surface area contributed by atoms with Crippen LogP contribution in [-0.4, -0.2) is 6.54 Å². The van der Waals surface area contributed by atoms with Gasteiger partial charge in [0, 0.05) is 0 Å². The highest BCUT2D eigenvalue weighted by Gasteiger charge is 2.29. The fraction of sp³-hybridized carbons (Fsp3) is 1.00. The first-order valence-corrected chi connectivity index (χ1v) is 8.08. The Hall–Kier alpha value is -0.0400. The summed E-state index contributed by atoms with van der Waals surface area (Å²) in [6.45, 7) is 0.932. The zero-order valence-electron chi connectivity index (χ0n) is 11.5. The Labute approximate surface area is 108 Å². The lowest BCUT2D eigenvalue weighted by molar-refractivity contribution is 0.154. The Morgan fingerprint density at radius 1 is 0.647 bits per heavy atom. The van der Waals surface area contributed by atoms with Gasteiger partial charge >= 0.3 is 0 Å². The summed E-state index contributed by atoms with van der Waals surface area (Å²) in [5, 5.41) is 0. The van der Waals surface area contributed by atoms with E-state index in [1.807, 2.05) is 0 Å². The average molecular weight is 237 g/mol. The van der Waals surface area contributed by atoms with E-state index >= 15 is 0 Å². The Kier molecular flexibility index (Phi) is 5.84. The van der Waals surface area contributed by atoms with Crippen LogP contribution >= 0.6 is 0 Å². The van der Waals surface area contributed by atoms with E-state index in [0.29, 0.717) is 0 Å². The molecular weight excluding hydrogens is 206 g/mol. The van der Waals surface area contributed by atoms with Crippen LogP contribution in [0, 0.1) is 17.8 Å². The number of rotatable bonds is 3. The SMILES string of the molecule is NCC1CC(CC2CCCCCCCCC2)C1. The second-order valence-corrected chi connectivity index (χ2v) is 6.59. The Morgan fingerprint density at radius 3 is 1.71 bits per heavy atom. The van der Waals surface area contributed by atoms with Crippen LogP contribution in [-0.2, 0) is 0 Å². The highest BCUT2D eigenvalue weighted by Crippen LogP contribution is 2.39. The molecule has 0 aromatic rings. The minimum atomic E-state index is 0.875. The molecule has 0 saturated heterocycles. The van der Waals surface area contributed by atoms with Crippen LogP contribution in [0.5, 0.6) is 0 Å². The lowest BCUT2D eigenvalue weighted by Crippen LogP contribution is -2.31. The van der Waals surface area contributed by atoms with Crippen molar-refractivity contribution in [3.05, 3.63) is 0 Å². The first kappa shape index (κ1) is 13.4. The van der Waals surface area contributed by atoms with Crippen molar-refractivity contribution >= 4 is 0 Å². The van der Waals surface area contributed by atoms with Crippen molar-refractivity contribution in [3.63, 3.8) is 0 Å². The van der Waals surface area contributed by atoms with Gasteiger partial charge < -0.3 is 5.73 Å². The van der Waals surface area contributed by atoms with Crippen LogP contribution in [0.4, 0.5) is 0 Å². The Balaban J connectivity index is 1.66. The van der Waals surface area contributed by atoms with Gasteiger partial charge in [-0.05, 0) is 43.6 Å². The summed E-state index contributed by atoms with van der Waals surface area (Å²) in [6.07, 6.45) is 17.9. The molecule has 2 aliphatic carbocycles. The molecule has 0 radical (unpaired) electrons. The molecule has 0 unspecified atom stereocenters. The molecule has 2 fully saturated rings. The van der Waals surface area contributed by atoms with Crippen molar-refractivity contribution in [1.82, 2.24) is 0 Å². The fourth-order valence-electron chi connectivity index (χ4n) is 3.86. The molecule has 0 bridgehead atoms. The molecule has 0 atom stereocenters. The van der Waals surface area contributed by atoms with Crippen LogP contribution in [0.3, 0.4) is 0 Å². The van der Waals surface area contributed by atoms with E-state index in [9.17, 15) is 0 Å². The second kappa shape index (κ2) is 7.41. The summed E-state index contributed by atoms with van der Waals surface area (Å²) in [6, 6.07) is 0. The molecule has 17 heavy (non-hydrogen) atoms. The predicted octanol–water partition coefficient (Wildman–Crippen LogP) is 4.50. The maximum Gasteiger partial charge on any atom is -0.00487 e. The molecule has 2 saturated carbocycles. The molecule has 2 aliphatic rings. The summed E-state index contributed by atoms with van der Waals surface area (Å²) in [5.74, 6) is 2.97. The summed E-state index contributed by atoms with van der Waals surface area (Å²) < 4.78 is 0. The van der Waals surface area contributed by atoms with Crippen molar-refractivity contribution in [2.24, 2.45) is 23.5 Å². The van der Waals surface area contributed by atoms with Gasteiger partial charge in [0.1, 0.15) is 0 Å². The quantitative estimate of drug-likeness (QED) is 0.768. The molecule has 0 aromatic heterocycles. The van der Waals surface area contributed by atoms with Crippen LogP contribution < -0.4 is 5.73 Å². The average Bonchev–Trinajstić information content (AvgIpc) is 2.31. The maximum atomic E-state index is 5.71. The highest BCUT2D eigenvalue weighted by molar-refractivity contribution is 4.82. The highest BCUT2D eigenvalue weighted by atomic mass is 14.6. The third kappa shape index (κ3) is 4.62. The fourth-order valence-corrected chi connectivity index (χ4v) is 3.86. The van der Waals surface area contributed by atoms with Crippen LogP contribution in [0.15, 0.2) is 0 Å². The summed E-state index contributed by atoms with van der Waals surface area (Å²) in [4.78, 5) is 0. The lowest BCUT2D eigenvalue weighted by atomic mass is 9.70. The van der Waals surface area contributed by atoms with Crippen molar-refractivity contribution in [3.8, 4) is 0 Å². The number of nitrogens with two attached hydrogens (primary N) is 1. The largest absolute Gasteiger partial charge is 0.330 e. The van der Waals surface area contributed by atoms with E-state index < -0.39 is 0 Å². The molecule has 2 N–H and O–H groups in total. The summed E-state index contributed by atoms with van der Waals surface area (Å²) in [5.41, 5.74) is 5.71. The standard InChI is InChI=1S/C16H31N/c17-13-16-11-15(12-16)10-14-8-6-4-2-1-3-5-7-9-14/h14-16H,1-13,17H2. The molecule has 0 spiro atoms. The van der Waals surface area contributed by atoms with Crippen molar-refractivity contribution in [2.75, 3.05) is 6.54 Å². The van der Waals surface area contributed by atoms with Crippen molar-refractivity contribution in [2.45, 2.75) is 77.0 Å². The zero-order chi connectivity index (χ0) is 11.9. The lowest BCUT2D eigenvalue weighted by Gasteiger charge is -2.37. The van der Waals surface area contributed by atoms with Gasteiger partial charge in [-0.2, -0.15) is 0 Å². The van der Waals surface area contributed by atoms with E-state index in [0.717, 1.165) is 24.3 Å².